The van der Waals surface area contributed by atoms with Gasteiger partial charge in [0.2, 0.25) is 0 Å². The Bertz CT molecular complexity index is 368. The van der Waals surface area contributed by atoms with Gasteiger partial charge < -0.3 is 25.1 Å². The number of nitrogens with two attached hydrogens (primary N) is 1. The smallest absolute Gasteiger partial charge is 0.119 e. The second-order valence-electron chi connectivity index (χ2n) is 4.31. The number of hydrogen-bond acceptors (Lipinski definition) is 5. The Hall–Kier alpha value is -1.14. The molecule has 0 aliphatic carbocycles. The Morgan fingerprint density at radius 3 is 2.89 bits per heavy atom. The number of aliphatic hydroxyl groups excluding tert-OH is 1. The zero-order valence-corrected chi connectivity index (χ0v) is 10.2. The van der Waals surface area contributed by atoms with E-state index in [0.29, 0.717) is 25.5 Å². The van der Waals surface area contributed by atoms with Crippen molar-refractivity contribution >= 4 is 0 Å². The first-order chi connectivity index (χ1) is 8.78. The van der Waals surface area contributed by atoms with Gasteiger partial charge in [0.15, 0.2) is 0 Å². The molecule has 18 heavy (non-hydrogen) atoms. The van der Waals surface area contributed by atoms with Crippen LogP contribution in [0, 0.1) is 0 Å². The van der Waals surface area contributed by atoms with Gasteiger partial charge in [0.1, 0.15) is 24.6 Å². The van der Waals surface area contributed by atoms with Crippen LogP contribution in [0.4, 0.5) is 0 Å². The highest BCUT2D eigenvalue weighted by Gasteiger charge is 2.20. The third kappa shape index (κ3) is 3.96. The van der Waals surface area contributed by atoms with E-state index in [9.17, 15) is 5.11 Å². The maximum Gasteiger partial charge on any atom is 0.119 e. The number of ether oxygens (including phenoxy) is 3. The summed E-state index contributed by atoms with van der Waals surface area (Å²) in [5, 5.41) is 9.69. The second-order valence-corrected chi connectivity index (χ2v) is 4.31. The molecule has 0 spiro atoms. The van der Waals surface area contributed by atoms with E-state index in [1.165, 1.54) is 0 Å². The fourth-order valence-electron chi connectivity index (χ4n) is 1.56. The molecule has 100 valence electrons. The SMILES string of the molecule is NCc1cccc(OCC(O)COC2COC2)c1. The summed E-state index contributed by atoms with van der Waals surface area (Å²) in [5.74, 6) is 0.712. The van der Waals surface area contributed by atoms with Gasteiger partial charge in [0.25, 0.3) is 0 Å². The molecule has 0 aromatic heterocycles. The summed E-state index contributed by atoms with van der Waals surface area (Å²) < 4.78 is 15.8. The van der Waals surface area contributed by atoms with Crippen LogP contribution in [0.3, 0.4) is 0 Å². The van der Waals surface area contributed by atoms with Crippen LogP contribution < -0.4 is 10.5 Å². The van der Waals surface area contributed by atoms with Crippen LogP contribution >= 0.6 is 0 Å². The highest BCUT2D eigenvalue weighted by Crippen LogP contribution is 2.13. The Balaban J connectivity index is 1.68. The molecule has 1 saturated heterocycles. The van der Waals surface area contributed by atoms with Crippen LogP contribution in [0.5, 0.6) is 5.75 Å². The van der Waals surface area contributed by atoms with Crippen molar-refractivity contribution in [2.45, 2.75) is 18.8 Å². The molecular formula is C13H19NO4. The Morgan fingerprint density at radius 2 is 2.22 bits per heavy atom. The van der Waals surface area contributed by atoms with E-state index in [0.717, 1.165) is 5.56 Å². The lowest BCUT2D eigenvalue weighted by Gasteiger charge is -2.27. The van der Waals surface area contributed by atoms with Crippen molar-refractivity contribution in [2.75, 3.05) is 26.4 Å². The number of hydrogen-bond donors (Lipinski definition) is 2. The highest BCUT2D eigenvalue weighted by atomic mass is 16.6. The van der Waals surface area contributed by atoms with Gasteiger partial charge in [0.05, 0.1) is 19.8 Å². The first-order valence-corrected chi connectivity index (χ1v) is 6.07. The minimum Gasteiger partial charge on any atom is -0.491 e. The van der Waals surface area contributed by atoms with Crippen molar-refractivity contribution < 1.29 is 19.3 Å². The molecule has 1 heterocycles. The largest absolute Gasteiger partial charge is 0.491 e. The number of aliphatic hydroxyl groups is 1. The molecule has 1 unspecified atom stereocenters. The average molecular weight is 253 g/mol. The summed E-state index contributed by atoms with van der Waals surface area (Å²) in [6, 6.07) is 7.52. The third-order valence-corrected chi connectivity index (χ3v) is 2.71. The Morgan fingerprint density at radius 1 is 1.39 bits per heavy atom. The van der Waals surface area contributed by atoms with Gasteiger partial charge in [-0.15, -0.1) is 0 Å². The Labute approximate surface area is 106 Å². The van der Waals surface area contributed by atoms with E-state index in [4.69, 9.17) is 19.9 Å². The molecule has 0 bridgehead atoms. The molecule has 1 aliphatic heterocycles. The van der Waals surface area contributed by atoms with E-state index in [1.807, 2.05) is 24.3 Å². The first kappa shape index (κ1) is 13.3. The lowest BCUT2D eigenvalue weighted by atomic mass is 10.2. The minimum absolute atomic E-state index is 0.125. The van der Waals surface area contributed by atoms with Gasteiger partial charge in [-0.05, 0) is 17.7 Å². The summed E-state index contributed by atoms with van der Waals surface area (Å²) in [5.41, 5.74) is 6.55. The quantitative estimate of drug-likeness (QED) is 0.731. The van der Waals surface area contributed by atoms with Gasteiger partial charge in [-0.2, -0.15) is 0 Å². The van der Waals surface area contributed by atoms with Gasteiger partial charge in [-0.1, -0.05) is 12.1 Å². The van der Waals surface area contributed by atoms with Crippen LogP contribution in [-0.2, 0) is 16.0 Å². The van der Waals surface area contributed by atoms with Crippen LogP contribution in [0.2, 0.25) is 0 Å². The molecule has 1 aromatic carbocycles. The summed E-state index contributed by atoms with van der Waals surface area (Å²) in [4.78, 5) is 0. The third-order valence-electron chi connectivity index (χ3n) is 2.71. The lowest BCUT2D eigenvalue weighted by Crippen LogP contribution is -2.38. The molecule has 0 saturated carbocycles. The molecule has 5 heteroatoms. The molecule has 0 radical (unpaired) electrons. The van der Waals surface area contributed by atoms with Crippen molar-refractivity contribution in [3.63, 3.8) is 0 Å². The van der Waals surface area contributed by atoms with Crippen LogP contribution in [0.25, 0.3) is 0 Å². The van der Waals surface area contributed by atoms with Crippen LogP contribution in [-0.4, -0.2) is 43.7 Å². The maximum atomic E-state index is 9.69. The van der Waals surface area contributed by atoms with Crippen molar-refractivity contribution in [2.24, 2.45) is 5.73 Å². The normalized spacial score (nSPS) is 17.2. The van der Waals surface area contributed by atoms with Crippen molar-refractivity contribution in [3.8, 4) is 5.75 Å². The van der Waals surface area contributed by atoms with E-state index < -0.39 is 6.10 Å². The topological polar surface area (TPSA) is 73.9 Å². The van der Waals surface area contributed by atoms with Crippen molar-refractivity contribution in [1.29, 1.82) is 0 Å². The molecule has 1 fully saturated rings. The molecule has 1 atom stereocenters. The van der Waals surface area contributed by atoms with Gasteiger partial charge >= 0.3 is 0 Å². The summed E-state index contributed by atoms with van der Waals surface area (Å²) >= 11 is 0. The van der Waals surface area contributed by atoms with Gasteiger partial charge in [-0.3, -0.25) is 0 Å². The predicted molar refractivity (Wildman–Crippen MR) is 66.4 cm³/mol. The molecule has 5 nitrogen and oxygen atoms in total. The monoisotopic (exact) mass is 253 g/mol. The van der Waals surface area contributed by atoms with E-state index in [1.54, 1.807) is 0 Å². The molecule has 0 amide bonds. The fraction of sp³-hybridized carbons (Fsp3) is 0.538. The van der Waals surface area contributed by atoms with Gasteiger partial charge in [-0.25, -0.2) is 0 Å². The maximum absolute atomic E-state index is 9.69. The minimum atomic E-state index is -0.632. The van der Waals surface area contributed by atoms with Gasteiger partial charge in [0, 0.05) is 6.54 Å². The van der Waals surface area contributed by atoms with Crippen molar-refractivity contribution in [1.82, 2.24) is 0 Å². The Kier molecular flexibility index (Phi) is 4.95. The van der Waals surface area contributed by atoms with Crippen molar-refractivity contribution in [3.05, 3.63) is 29.8 Å². The van der Waals surface area contributed by atoms with Crippen LogP contribution in [0.15, 0.2) is 24.3 Å². The molecule has 1 aromatic rings. The lowest BCUT2D eigenvalue weighted by molar-refractivity contribution is -0.145. The average Bonchev–Trinajstić information content (AvgIpc) is 2.35. The number of rotatable bonds is 7. The summed E-state index contributed by atoms with van der Waals surface area (Å²) in [6.07, 6.45) is -0.507. The predicted octanol–water partition coefficient (Wildman–Crippen LogP) is 0.300. The number of benzene rings is 1. The standard InChI is InChI=1S/C13H19NO4/c14-5-10-2-1-3-12(4-10)17-6-11(15)7-18-13-8-16-9-13/h1-4,11,13,15H,5-9,14H2. The fourth-order valence-corrected chi connectivity index (χ4v) is 1.56. The summed E-state index contributed by atoms with van der Waals surface area (Å²) in [6.45, 7) is 2.19. The molecular weight excluding hydrogens is 234 g/mol. The summed E-state index contributed by atoms with van der Waals surface area (Å²) in [7, 11) is 0. The van der Waals surface area contributed by atoms with Crippen LogP contribution in [0.1, 0.15) is 5.56 Å². The molecule has 2 rings (SSSR count). The second kappa shape index (κ2) is 6.70. The molecule has 3 N–H and O–H groups in total. The zero-order valence-electron chi connectivity index (χ0n) is 10.2. The molecule has 1 aliphatic rings. The van der Waals surface area contributed by atoms with E-state index >= 15 is 0 Å². The first-order valence-electron chi connectivity index (χ1n) is 6.07. The highest BCUT2D eigenvalue weighted by molar-refractivity contribution is 5.28. The van der Waals surface area contributed by atoms with E-state index in [-0.39, 0.29) is 19.3 Å². The van der Waals surface area contributed by atoms with E-state index in [2.05, 4.69) is 0 Å². The zero-order chi connectivity index (χ0) is 12.8.